The van der Waals surface area contributed by atoms with Crippen LogP contribution < -0.4 is 0 Å². The summed E-state index contributed by atoms with van der Waals surface area (Å²) in [5.74, 6) is 0. The topological polar surface area (TPSA) is 17.1 Å². The second kappa shape index (κ2) is 19.1. The largest absolute Gasteiger partial charge is 0.316 e. The summed E-state index contributed by atoms with van der Waals surface area (Å²) in [7, 11) is 0. The first-order chi connectivity index (χ1) is 1.41. The van der Waals surface area contributed by atoms with Gasteiger partial charge in [0, 0.05) is 22.4 Å². The van der Waals surface area contributed by atoms with Crippen LogP contribution >= 0.6 is 0 Å². The summed E-state index contributed by atoms with van der Waals surface area (Å²) in [4.78, 5) is 8.81. The summed E-state index contributed by atoms with van der Waals surface area (Å²) >= 11 is 0. The van der Waals surface area contributed by atoms with E-state index in [0.29, 0.717) is 0 Å². The van der Waals surface area contributed by atoms with Gasteiger partial charge in [-0.1, -0.05) is 0 Å². The molecule has 0 aliphatic carbocycles. The third-order valence-corrected chi connectivity index (χ3v) is 0. The number of rotatable bonds is 0. The molecule has 1 radical (unpaired) electrons. The van der Waals surface area contributed by atoms with E-state index in [-0.39, 0.29) is 45.4 Å². The first-order valence-corrected chi connectivity index (χ1v) is 0.813. The fourth-order valence-corrected chi connectivity index (χ4v) is 0. The van der Waals surface area contributed by atoms with Crippen molar-refractivity contribution in [3.63, 3.8) is 0 Å². The standard InChI is InChI=1S/C2H4O.Mg.Nb.2H/c1-2-3;;;;/h2H,1H3;;;;. The van der Waals surface area contributed by atoms with Crippen LogP contribution in [0.3, 0.4) is 0 Å². The van der Waals surface area contributed by atoms with Gasteiger partial charge in [0.2, 0.25) is 0 Å². The molecule has 0 bridgehead atoms. The maximum Gasteiger partial charge on any atom is 0.316 e. The number of hydrogen-bond donors (Lipinski definition) is 0. The van der Waals surface area contributed by atoms with Crippen molar-refractivity contribution in [2.24, 2.45) is 0 Å². The van der Waals surface area contributed by atoms with E-state index in [1.54, 1.807) is 0 Å². The molecule has 0 aliphatic rings. The fourth-order valence-electron chi connectivity index (χ4n) is 0. The molecular formula is C2H6MgNbO. The molecule has 0 rings (SSSR count). The Labute approximate surface area is 63.2 Å². The van der Waals surface area contributed by atoms with Crippen LogP contribution in [0.5, 0.6) is 0 Å². The molecule has 0 heterocycles. The molecule has 0 spiro atoms. The van der Waals surface area contributed by atoms with E-state index < -0.39 is 0 Å². The van der Waals surface area contributed by atoms with Gasteiger partial charge in [-0.2, -0.15) is 0 Å². The Morgan fingerprint density at radius 2 is 1.60 bits per heavy atom. The van der Waals surface area contributed by atoms with E-state index in [0.717, 1.165) is 6.29 Å². The number of aldehydes is 1. The van der Waals surface area contributed by atoms with Crippen molar-refractivity contribution in [2.45, 2.75) is 6.92 Å². The molecule has 0 aliphatic heterocycles. The van der Waals surface area contributed by atoms with Gasteiger partial charge in [0.25, 0.3) is 0 Å². The van der Waals surface area contributed by atoms with Crippen molar-refractivity contribution < 1.29 is 27.2 Å². The van der Waals surface area contributed by atoms with Crippen LogP contribution in [0.25, 0.3) is 0 Å². The van der Waals surface area contributed by atoms with Gasteiger partial charge in [-0.3, -0.25) is 0 Å². The average molecular weight is 163 g/mol. The Morgan fingerprint density at radius 3 is 1.60 bits per heavy atom. The van der Waals surface area contributed by atoms with Crippen molar-refractivity contribution in [2.75, 3.05) is 0 Å². The minimum absolute atomic E-state index is 0. The van der Waals surface area contributed by atoms with Gasteiger partial charge < -0.3 is 4.79 Å². The molecule has 1 nitrogen and oxygen atoms in total. The SMILES string of the molecule is CC=O.[MgH2].[Nb]. The Kier molecular flexibility index (Phi) is 62.5. The molecule has 5 heavy (non-hydrogen) atoms. The van der Waals surface area contributed by atoms with E-state index in [2.05, 4.69) is 0 Å². The molecule has 0 saturated carbocycles. The van der Waals surface area contributed by atoms with Gasteiger partial charge >= 0.3 is 23.1 Å². The van der Waals surface area contributed by atoms with Crippen LogP contribution in [0.1, 0.15) is 6.92 Å². The smallest absolute Gasteiger partial charge is 0.304 e. The molecule has 0 fully saturated rings. The zero-order valence-electron chi connectivity index (χ0n) is 2.43. The van der Waals surface area contributed by atoms with Gasteiger partial charge in [0.15, 0.2) is 0 Å². The van der Waals surface area contributed by atoms with Crippen LogP contribution in [-0.4, -0.2) is 29.3 Å². The average Bonchev–Trinajstić information content (AvgIpc) is 0.918. The van der Waals surface area contributed by atoms with Crippen molar-refractivity contribution in [3.8, 4) is 0 Å². The Balaban J connectivity index is -0.0000000200. The number of hydrogen-bond acceptors (Lipinski definition) is 1. The normalized spacial score (nSPS) is 2.60. The summed E-state index contributed by atoms with van der Waals surface area (Å²) in [5.41, 5.74) is 0. The van der Waals surface area contributed by atoms with Gasteiger partial charge in [-0.05, 0) is 6.92 Å². The number of carbonyl (C=O) groups is 1. The first kappa shape index (κ1) is 16.4. The van der Waals surface area contributed by atoms with Crippen LogP contribution in [-0.2, 0) is 27.2 Å². The molecule has 0 aromatic rings. The fraction of sp³-hybridized carbons (Fsp3) is 0.500. The summed E-state index contributed by atoms with van der Waals surface area (Å²) in [6.45, 7) is 1.44. The predicted octanol–water partition coefficient (Wildman–Crippen LogP) is -0.713. The minimum Gasteiger partial charge on any atom is -0.304 e. The maximum absolute atomic E-state index is 8.81. The quantitative estimate of drug-likeness (QED) is 0.340. The molecule has 0 aromatic carbocycles. The molecule has 0 unspecified atom stereocenters. The molecule has 0 saturated heterocycles. The third kappa shape index (κ3) is 37.7. The zero-order chi connectivity index (χ0) is 2.71. The third-order valence-electron chi connectivity index (χ3n) is 0. The summed E-state index contributed by atoms with van der Waals surface area (Å²) in [6, 6.07) is 0. The Hall–Kier alpha value is 1.18. The van der Waals surface area contributed by atoms with Crippen molar-refractivity contribution in [3.05, 3.63) is 0 Å². The molecule has 0 amide bonds. The van der Waals surface area contributed by atoms with Gasteiger partial charge in [-0.15, -0.1) is 0 Å². The van der Waals surface area contributed by atoms with Gasteiger partial charge in [0.05, 0.1) is 0 Å². The van der Waals surface area contributed by atoms with E-state index in [1.165, 1.54) is 6.92 Å². The van der Waals surface area contributed by atoms with Crippen LogP contribution in [0.4, 0.5) is 0 Å². The van der Waals surface area contributed by atoms with E-state index in [1.807, 2.05) is 0 Å². The van der Waals surface area contributed by atoms with E-state index >= 15 is 0 Å². The molecule has 0 N–H and O–H groups in total. The van der Waals surface area contributed by atoms with Gasteiger partial charge in [0.1, 0.15) is 6.29 Å². The summed E-state index contributed by atoms with van der Waals surface area (Å²) in [5, 5.41) is 0. The van der Waals surface area contributed by atoms with Gasteiger partial charge in [-0.25, -0.2) is 0 Å². The predicted molar refractivity (Wildman–Crippen MR) is 20.3 cm³/mol. The molecule has 0 aromatic heterocycles. The summed E-state index contributed by atoms with van der Waals surface area (Å²) < 4.78 is 0. The zero-order valence-corrected chi connectivity index (χ0v) is 4.63. The minimum atomic E-state index is 0. The van der Waals surface area contributed by atoms with E-state index in [9.17, 15) is 0 Å². The van der Waals surface area contributed by atoms with Crippen molar-refractivity contribution in [1.82, 2.24) is 0 Å². The Bertz CT molecular complexity index is 17.1. The van der Waals surface area contributed by atoms with Crippen LogP contribution in [0.15, 0.2) is 0 Å². The maximum atomic E-state index is 8.81. The van der Waals surface area contributed by atoms with Crippen molar-refractivity contribution >= 4 is 29.3 Å². The summed E-state index contributed by atoms with van der Waals surface area (Å²) in [6.07, 6.45) is 0.750. The molecule has 27 valence electrons. The van der Waals surface area contributed by atoms with Crippen LogP contribution in [0.2, 0.25) is 0 Å². The van der Waals surface area contributed by atoms with Crippen molar-refractivity contribution in [1.29, 1.82) is 0 Å². The monoisotopic (exact) mass is 163 g/mol. The molecule has 3 heteroatoms. The first-order valence-electron chi connectivity index (χ1n) is 0.813. The second-order valence-electron chi connectivity index (χ2n) is 0.236. The molecular weight excluding hydrogens is 157 g/mol. The van der Waals surface area contributed by atoms with Crippen LogP contribution in [0, 0.1) is 0 Å². The second-order valence-corrected chi connectivity index (χ2v) is 0.236. The Morgan fingerprint density at radius 1 is 1.60 bits per heavy atom. The molecule has 0 atom stereocenters. The van der Waals surface area contributed by atoms with E-state index in [4.69, 9.17) is 4.79 Å². The number of carbonyl (C=O) groups excluding carboxylic acids is 1.